The van der Waals surface area contributed by atoms with E-state index in [0.29, 0.717) is 5.76 Å². The van der Waals surface area contributed by atoms with Crippen LogP contribution in [0.2, 0.25) is 0 Å². The number of carbonyl (C=O) groups is 2. The Morgan fingerprint density at radius 1 is 1.17 bits per heavy atom. The molecule has 1 amide bonds. The molecule has 2 aromatic heterocycles. The third kappa shape index (κ3) is 5.18. The van der Waals surface area contributed by atoms with Crippen LogP contribution in [0.25, 0.3) is 6.08 Å². The fourth-order valence-corrected chi connectivity index (χ4v) is 5.66. The monoisotopic (exact) mass is 504 g/mol. The molecular formula is C28H28N2O5S. The average molecular weight is 505 g/mol. The first-order valence-corrected chi connectivity index (χ1v) is 13.0. The predicted molar refractivity (Wildman–Crippen MR) is 137 cm³/mol. The van der Waals surface area contributed by atoms with E-state index in [1.165, 1.54) is 16.8 Å². The molecule has 1 aromatic carbocycles. The predicted octanol–water partition coefficient (Wildman–Crippen LogP) is 5.95. The van der Waals surface area contributed by atoms with E-state index in [1.54, 1.807) is 12.5 Å². The molecule has 2 aliphatic rings. The lowest BCUT2D eigenvalue weighted by atomic mass is 9.79. The van der Waals surface area contributed by atoms with Crippen LogP contribution in [0.3, 0.4) is 0 Å². The molecule has 0 radical (unpaired) electrons. The Hall–Kier alpha value is -3.52. The fraction of sp³-hybridized carbons (Fsp3) is 0.321. The zero-order chi connectivity index (χ0) is 25.1. The van der Waals surface area contributed by atoms with E-state index in [2.05, 4.69) is 0 Å². The minimum atomic E-state index is -0.438. The molecule has 2 unspecified atom stereocenters. The number of aryl methyl sites for hydroxylation is 2. The molecule has 0 N–H and O–H groups in total. The van der Waals surface area contributed by atoms with Crippen molar-refractivity contribution in [3.05, 3.63) is 83.2 Å². The Kier molecular flexibility index (Phi) is 7.13. The summed E-state index contributed by atoms with van der Waals surface area (Å²) in [6, 6.07) is 13.2. The van der Waals surface area contributed by atoms with Crippen molar-refractivity contribution >= 4 is 35.4 Å². The maximum atomic E-state index is 13.3. The van der Waals surface area contributed by atoms with Gasteiger partial charge in [0.15, 0.2) is 6.61 Å². The minimum Gasteiger partial charge on any atom is -0.467 e. The first-order chi connectivity index (χ1) is 17.5. The molecule has 8 heteroatoms. The molecule has 0 saturated heterocycles. The number of hydrogen-bond acceptors (Lipinski definition) is 7. The van der Waals surface area contributed by atoms with Crippen molar-refractivity contribution in [1.29, 1.82) is 0 Å². The van der Waals surface area contributed by atoms with Crippen LogP contribution in [0.15, 0.2) is 79.4 Å². The molecule has 1 aliphatic heterocycles. The standard InChI is InChI=1S/C28H28N2O5S/c1-18-10-11-19(2)24(14-18)36-17-26(32)35-16-25(31)30-28(23-9-5-13-34-23)22-8-3-6-20(27(22)29-30)15-21-7-4-12-33-21/h4-5,7,9-15,22,28H,3,6,8,16-17H2,1-2H3. The number of hydrazone groups is 1. The van der Waals surface area contributed by atoms with Crippen LogP contribution < -0.4 is 0 Å². The molecule has 1 aliphatic carbocycles. The highest BCUT2D eigenvalue weighted by molar-refractivity contribution is 8.00. The third-order valence-electron chi connectivity index (χ3n) is 6.50. The van der Waals surface area contributed by atoms with Gasteiger partial charge in [0.05, 0.1) is 24.0 Å². The molecule has 2 atom stereocenters. The first-order valence-electron chi connectivity index (χ1n) is 12.0. The molecule has 5 rings (SSSR count). The van der Waals surface area contributed by atoms with Crippen LogP contribution in [-0.4, -0.2) is 35.0 Å². The summed E-state index contributed by atoms with van der Waals surface area (Å²) >= 11 is 1.41. The van der Waals surface area contributed by atoms with Crippen molar-refractivity contribution in [3.63, 3.8) is 0 Å². The smallest absolute Gasteiger partial charge is 0.316 e. The Morgan fingerprint density at radius 2 is 2.00 bits per heavy atom. The van der Waals surface area contributed by atoms with Gasteiger partial charge in [0, 0.05) is 10.8 Å². The minimum absolute atomic E-state index is 0.00520. The van der Waals surface area contributed by atoms with E-state index >= 15 is 0 Å². The van der Waals surface area contributed by atoms with E-state index < -0.39 is 5.97 Å². The number of esters is 1. The largest absolute Gasteiger partial charge is 0.467 e. The molecule has 1 saturated carbocycles. The topological polar surface area (TPSA) is 85.3 Å². The summed E-state index contributed by atoms with van der Waals surface area (Å²) in [6.07, 6.45) is 7.94. The van der Waals surface area contributed by atoms with Gasteiger partial charge in [-0.1, -0.05) is 17.7 Å². The SMILES string of the molecule is Cc1ccc(C)c(SCC(=O)OCC(=O)N2N=C3C(=Cc4ccco4)CCCC3C2c2ccco2)c1. The Morgan fingerprint density at radius 3 is 2.78 bits per heavy atom. The lowest BCUT2D eigenvalue weighted by Crippen LogP contribution is -2.34. The molecule has 0 spiro atoms. The second kappa shape index (κ2) is 10.6. The zero-order valence-electron chi connectivity index (χ0n) is 20.3. The Labute approximate surface area is 214 Å². The van der Waals surface area contributed by atoms with Crippen LogP contribution in [-0.2, 0) is 14.3 Å². The summed E-state index contributed by atoms with van der Waals surface area (Å²) in [6.45, 7) is 3.65. The molecular weight excluding hydrogens is 476 g/mol. The second-order valence-corrected chi connectivity index (χ2v) is 10.1. The number of rotatable bonds is 7. The van der Waals surface area contributed by atoms with E-state index in [0.717, 1.165) is 52.3 Å². The number of ether oxygens (including phenoxy) is 1. The van der Waals surface area contributed by atoms with Crippen molar-refractivity contribution in [2.24, 2.45) is 11.0 Å². The molecule has 3 aromatic rings. The fourth-order valence-electron chi connectivity index (χ4n) is 4.74. The highest BCUT2D eigenvalue weighted by Crippen LogP contribution is 2.44. The number of carbonyl (C=O) groups excluding carboxylic acids is 2. The molecule has 36 heavy (non-hydrogen) atoms. The van der Waals surface area contributed by atoms with Crippen LogP contribution in [0, 0.1) is 19.8 Å². The summed E-state index contributed by atoms with van der Waals surface area (Å²) in [4.78, 5) is 26.7. The first kappa shape index (κ1) is 24.2. The Balaban J connectivity index is 1.29. The van der Waals surface area contributed by atoms with Crippen molar-refractivity contribution < 1.29 is 23.2 Å². The maximum Gasteiger partial charge on any atom is 0.316 e. The summed E-state index contributed by atoms with van der Waals surface area (Å²) in [5.41, 5.74) is 4.15. The number of thioether (sulfide) groups is 1. The van der Waals surface area contributed by atoms with Gasteiger partial charge in [-0.15, -0.1) is 11.8 Å². The molecule has 7 nitrogen and oxygen atoms in total. The molecule has 0 bridgehead atoms. The van der Waals surface area contributed by atoms with Crippen LogP contribution in [0.1, 0.15) is 48.0 Å². The average Bonchev–Trinajstić information content (AvgIpc) is 3.64. The van der Waals surface area contributed by atoms with Gasteiger partial charge in [0.2, 0.25) is 0 Å². The van der Waals surface area contributed by atoms with Crippen LogP contribution in [0.4, 0.5) is 0 Å². The number of nitrogens with zero attached hydrogens (tertiary/aromatic N) is 2. The van der Waals surface area contributed by atoms with E-state index in [1.807, 2.05) is 62.4 Å². The van der Waals surface area contributed by atoms with Gasteiger partial charge in [0.1, 0.15) is 17.6 Å². The maximum absolute atomic E-state index is 13.3. The van der Waals surface area contributed by atoms with Gasteiger partial charge >= 0.3 is 5.97 Å². The summed E-state index contributed by atoms with van der Waals surface area (Å²) in [7, 11) is 0. The van der Waals surface area contributed by atoms with Crippen molar-refractivity contribution in [1.82, 2.24) is 5.01 Å². The Bertz CT molecular complexity index is 1290. The van der Waals surface area contributed by atoms with Gasteiger partial charge in [-0.3, -0.25) is 9.59 Å². The van der Waals surface area contributed by atoms with Crippen LogP contribution in [0.5, 0.6) is 0 Å². The number of hydrogen-bond donors (Lipinski definition) is 0. The van der Waals surface area contributed by atoms with Gasteiger partial charge in [-0.2, -0.15) is 5.10 Å². The van der Waals surface area contributed by atoms with E-state index in [4.69, 9.17) is 18.7 Å². The molecule has 1 fully saturated rings. The van der Waals surface area contributed by atoms with Crippen LogP contribution >= 0.6 is 11.8 Å². The third-order valence-corrected chi connectivity index (χ3v) is 7.63. The van der Waals surface area contributed by atoms with Crippen molar-refractivity contribution in [2.75, 3.05) is 12.4 Å². The number of fused-ring (bicyclic) bond motifs is 1. The van der Waals surface area contributed by atoms with Crippen molar-refractivity contribution in [3.8, 4) is 0 Å². The van der Waals surface area contributed by atoms with Gasteiger partial charge in [0.25, 0.3) is 5.91 Å². The van der Waals surface area contributed by atoms with E-state index in [-0.39, 0.29) is 30.2 Å². The summed E-state index contributed by atoms with van der Waals surface area (Å²) in [5.74, 6) is 0.746. The number of allylic oxidation sites excluding steroid dienone is 1. The van der Waals surface area contributed by atoms with Crippen molar-refractivity contribution in [2.45, 2.75) is 44.0 Å². The number of amides is 1. The lowest BCUT2D eigenvalue weighted by Gasteiger charge is -2.27. The highest BCUT2D eigenvalue weighted by atomic mass is 32.2. The van der Waals surface area contributed by atoms with Gasteiger partial charge < -0.3 is 13.6 Å². The number of benzene rings is 1. The summed E-state index contributed by atoms with van der Waals surface area (Å²) < 4.78 is 16.6. The zero-order valence-corrected chi connectivity index (χ0v) is 21.1. The molecule has 3 heterocycles. The normalized spacial score (nSPS) is 20.3. The van der Waals surface area contributed by atoms with E-state index in [9.17, 15) is 9.59 Å². The highest BCUT2D eigenvalue weighted by Gasteiger charge is 2.45. The second-order valence-electron chi connectivity index (χ2n) is 9.09. The van der Waals surface area contributed by atoms with Gasteiger partial charge in [-0.25, -0.2) is 5.01 Å². The summed E-state index contributed by atoms with van der Waals surface area (Å²) in [5, 5.41) is 6.17. The quantitative estimate of drug-likeness (QED) is 0.292. The lowest BCUT2D eigenvalue weighted by molar-refractivity contribution is -0.151. The van der Waals surface area contributed by atoms with Gasteiger partial charge in [-0.05, 0) is 80.7 Å². The number of furan rings is 2. The molecule has 186 valence electrons.